The van der Waals surface area contributed by atoms with Crippen molar-refractivity contribution in [3.63, 3.8) is 0 Å². The standard InChI is InChI=1S/C15H18FN3O3/c1-20-15(6-8-17-9-7-15)14-18-13(19-22-14)10-21-12-5-3-2-4-11(12)16/h2-5,17H,6-10H2,1H3. The molecule has 0 unspecified atom stereocenters. The van der Waals surface area contributed by atoms with Gasteiger partial charge in [-0.05, 0) is 38.1 Å². The Balaban J connectivity index is 1.69. The summed E-state index contributed by atoms with van der Waals surface area (Å²) >= 11 is 0. The zero-order valence-corrected chi connectivity index (χ0v) is 12.3. The molecular weight excluding hydrogens is 289 g/mol. The van der Waals surface area contributed by atoms with E-state index in [4.69, 9.17) is 14.0 Å². The Morgan fingerprint density at radius 3 is 2.82 bits per heavy atom. The molecule has 0 amide bonds. The fraction of sp³-hybridized carbons (Fsp3) is 0.467. The molecule has 2 heterocycles. The molecular formula is C15H18FN3O3. The highest BCUT2D eigenvalue weighted by Crippen LogP contribution is 2.33. The number of para-hydroxylation sites is 1. The van der Waals surface area contributed by atoms with Gasteiger partial charge in [0.25, 0.3) is 5.89 Å². The molecule has 0 bridgehead atoms. The summed E-state index contributed by atoms with van der Waals surface area (Å²) in [6, 6.07) is 6.20. The van der Waals surface area contributed by atoms with Crippen LogP contribution in [0, 0.1) is 5.82 Å². The number of piperidine rings is 1. The molecule has 1 aromatic heterocycles. The number of methoxy groups -OCH3 is 1. The molecule has 1 aromatic carbocycles. The van der Waals surface area contributed by atoms with E-state index in [0.717, 1.165) is 25.9 Å². The SMILES string of the molecule is COC1(c2nc(COc3ccccc3F)no2)CCNCC1. The monoisotopic (exact) mass is 307 g/mol. The van der Waals surface area contributed by atoms with E-state index >= 15 is 0 Å². The van der Waals surface area contributed by atoms with E-state index < -0.39 is 11.4 Å². The molecule has 1 aliphatic heterocycles. The highest BCUT2D eigenvalue weighted by Gasteiger charge is 2.39. The maximum atomic E-state index is 13.5. The van der Waals surface area contributed by atoms with Gasteiger partial charge in [-0.25, -0.2) is 4.39 Å². The van der Waals surface area contributed by atoms with Crippen molar-refractivity contribution in [1.29, 1.82) is 0 Å². The van der Waals surface area contributed by atoms with Crippen molar-refractivity contribution in [2.24, 2.45) is 0 Å². The summed E-state index contributed by atoms with van der Waals surface area (Å²) in [5.74, 6) is 0.562. The van der Waals surface area contributed by atoms with Crippen molar-refractivity contribution < 1.29 is 18.4 Å². The van der Waals surface area contributed by atoms with E-state index in [1.165, 1.54) is 6.07 Å². The highest BCUT2D eigenvalue weighted by molar-refractivity contribution is 5.23. The molecule has 1 N–H and O–H groups in total. The number of nitrogens with one attached hydrogen (secondary N) is 1. The summed E-state index contributed by atoms with van der Waals surface area (Å²) in [7, 11) is 1.64. The molecule has 1 saturated heterocycles. The molecule has 0 spiro atoms. The summed E-state index contributed by atoms with van der Waals surface area (Å²) in [4.78, 5) is 4.34. The van der Waals surface area contributed by atoms with Gasteiger partial charge in [0.2, 0.25) is 5.82 Å². The first-order valence-corrected chi connectivity index (χ1v) is 7.20. The molecule has 7 heteroatoms. The van der Waals surface area contributed by atoms with Crippen LogP contribution in [-0.2, 0) is 16.9 Å². The zero-order chi connectivity index (χ0) is 15.4. The topological polar surface area (TPSA) is 69.4 Å². The third-order valence-corrected chi connectivity index (χ3v) is 3.85. The first-order valence-electron chi connectivity index (χ1n) is 7.20. The molecule has 1 fully saturated rings. The van der Waals surface area contributed by atoms with Gasteiger partial charge in [-0.1, -0.05) is 17.3 Å². The minimum atomic E-state index is -0.547. The van der Waals surface area contributed by atoms with Gasteiger partial charge in [-0.3, -0.25) is 0 Å². The smallest absolute Gasteiger partial charge is 0.259 e. The average molecular weight is 307 g/mol. The molecule has 3 rings (SSSR count). The van der Waals surface area contributed by atoms with Crippen LogP contribution in [0.15, 0.2) is 28.8 Å². The van der Waals surface area contributed by atoms with E-state index in [1.54, 1.807) is 25.3 Å². The molecule has 0 saturated carbocycles. The number of rotatable bonds is 5. The first-order chi connectivity index (χ1) is 10.7. The van der Waals surface area contributed by atoms with Gasteiger partial charge in [0.05, 0.1) is 0 Å². The van der Waals surface area contributed by atoms with Crippen LogP contribution in [0.25, 0.3) is 0 Å². The highest BCUT2D eigenvalue weighted by atomic mass is 19.1. The zero-order valence-electron chi connectivity index (χ0n) is 12.3. The number of hydrogen-bond donors (Lipinski definition) is 1. The van der Waals surface area contributed by atoms with E-state index in [0.29, 0.717) is 11.7 Å². The molecule has 118 valence electrons. The molecule has 0 aliphatic carbocycles. The van der Waals surface area contributed by atoms with Gasteiger partial charge in [0, 0.05) is 7.11 Å². The fourth-order valence-corrected chi connectivity index (χ4v) is 2.54. The van der Waals surface area contributed by atoms with Crippen molar-refractivity contribution in [3.05, 3.63) is 41.8 Å². The summed E-state index contributed by atoms with van der Waals surface area (Å²) in [5.41, 5.74) is -0.547. The number of benzene rings is 1. The molecule has 22 heavy (non-hydrogen) atoms. The van der Waals surface area contributed by atoms with Crippen LogP contribution in [0.4, 0.5) is 4.39 Å². The van der Waals surface area contributed by atoms with Crippen LogP contribution in [-0.4, -0.2) is 30.3 Å². The van der Waals surface area contributed by atoms with Crippen LogP contribution < -0.4 is 10.1 Å². The van der Waals surface area contributed by atoms with Crippen LogP contribution in [0.3, 0.4) is 0 Å². The Morgan fingerprint density at radius 1 is 1.32 bits per heavy atom. The summed E-state index contributed by atoms with van der Waals surface area (Å²) < 4.78 is 29.8. The predicted molar refractivity (Wildman–Crippen MR) is 75.8 cm³/mol. The summed E-state index contributed by atoms with van der Waals surface area (Å²) in [5, 5.41) is 7.16. The largest absolute Gasteiger partial charge is 0.482 e. The molecule has 2 aromatic rings. The lowest BCUT2D eigenvalue weighted by Crippen LogP contribution is -2.41. The molecule has 1 aliphatic rings. The van der Waals surface area contributed by atoms with Crippen molar-refractivity contribution in [2.45, 2.75) is 25.0 Å². The Labute approximate surface area is 127 Å². The van der Waals surface area contributed by atoms with Crippen LogP contribution in [0.1, 0.15) is 24.6 Å². The minimum Gasteiger partial charge on any atom is -0.482 e. The van der Waals surface area contributed by atoms with Crippen molar-refractivity contribution >= 4 is 0 Å². The first kappa shape index (κ1) is 14.9. The van der Waals surface area contributed by atoms with Crippen molar-refractivity contribution in [2.75, 3.05) is 20.2 Å². The van der Waals surface area contributed by atoms with Gasteiger partial charge in [0.15, 0.2) is 18.2 Å². The van der Waals surface area contributed by atoms with Crippen molar-refractivity contribution in [1.82, 2.24) is 15.5 Å². The normalized spacial score (nSPS) is 17.4. The Hall–Kier alpha value is -1.99. The van der Waals surface area contributed by atoms with E-state index in [1.807, 2.05) is 0 Å². The maximum absolute atomic E-state index is 13.5. The minimum absolute atomic E-state index is 0.0441. The predicted octanol–water partition coefficient (Wildman–Crippen LogP) is 2.01. The van der Waals surface area contributed by atoms with Crippen LogP contribution in [0.2, 0.25) is 0 Å². The number of ether oxygens (including phenoxy) is 2. The number of halogens is 1. The van der Waals surface area contributed by atoms with Gasteiger partial charge < -0.3 is 19.3 Å². The number of aromatic nitrogens is 2. The molecule has 0 atom stereocenters. The quantitative estimate of drug-likeness (QED) is 0.911. The lowest BCUT2D eigenvalue weighted by molar-refractivity contribution is -0.0622. The Bertz CT molecular complexity index is 626. The third-order valence-electron chi connectivity index (χ3n) is 3.85. The number of nitrogens with zero attached hydrogens (tertiary/aromatic N) is 2. The fourth-order valence-electron chi connectivity index (χ4n) is 2.54. The molecule has 0 radical (unpaired) electrons. The van der Waals surface area contributed by atoms with E-state index in [9.17, 15) is 4.39 Å². The summed E-state index contributed by atoms with van der Waals surface area (Å²) in [6.45, 7) is 1.71. The lowest BCUT2D eigenvalue weighted by atomic mass is 9.92. The van der Waals surface area contributed by atoms with Gasteiger partial charge in [-0.2, -0.15) is 4.98 Å². The molecule has 6 nitrogen and oxygen atoms in total. The summed E-state index contributed by atoms with van der Waals surface area (Å²) in [6.07, 6.45) is 1.53. The second-order valence-corrected chi connectivity index (χ2v) is 5.18. The lowest BCUT2D eigenvalue weighted by Gasteiger charge is -2.32. The Kier molecular flexibility index (Phi) is 4.35. The van der Waals surface area contributed by atoms with Crippen LogP contribution in [0.5, 0.6) is 5.75 Å². The van der Waals surface area contributed by atoms with Gasteiger partial charge in [-0.15, -0.1) is 0 Å². The third kappa shape index (κ3) is 2.95. The average Bonchev–Trinajstić information content (AvgIpc) is 3.04. The van der Waals surface area contributed by atoms with E-state index in [-0.39, 0.29) is 12.4 Å². The second-order valence-electron chi connectivity index (χ2n) is 5.18. The van der Waals surface area contributed by atoms with Gasteiger partial charge >= 0.3 is 0 Å². The van der Waals surface area contributed by atoms with E-state index in [2.05, 4.69) is 15.5 Å². The second kappa shape index (κ2) is 6.41. The van der Waals surface area contributed by atoms with Gasteiger partial charge in [0.1, 0.15) is 5.60 Å². The van der Waals surface area contributed by atoms with Crippen molar-refractivity contribution in [3.8, 4) is 5.75 Å². The maximum Gasteiger partial charge on any atom is 0.259 e. The number of hydrogen-bond acceptors (Lipinski definition) is 6. The Morgan fingerprint density at radius 2 is 2.09 bits per heavy atom. The van der Waals surface area contributed by atoms with Crippen LogP contribution >= 0.6 is 0 Å².